The highest BCUT2D eigenvalue weighted by molar-refractivity contribution is 7.90. The van der Waals surface area contributed by atoms with Gasteiger partial charge in [-0.15, -0.1) is 0 Å². The van der Waals surface area contributed by atoms with Crippen molar-refractivity contribution >= 4 is 36.6 Å². The van der Waals surface area contributed by atoms with Gasteiger partial charge in [-0.1, -0.05) is 41.5 Å². The van der Waals surface area contributed by atoms with Gasteiger partial charge in [0, 0.05) is 30.3 Å². The lowest BCUT2D eigenvalue weighted by Gasteiger charge is -2.19. The van der Waals surface area contributed by atoms with Gasteiger partial charge in [-0.3, -0.25) is 10.1 Å². The highest BCUT2D eigenvalue weighted by atomic mass is 32.2. The smallest absolute Gasteiger partial charge is 0.269 e. The number of hydrogen-bond donors (Lipinski definition) is 2. The fourth-order valence-electron chi connectivity index (χ4n) is 4.46. The van der Waals surface area contributed by atoms with E-state index < -0.39 is 31.0 Å². The van der Waals surface area contributed by atoms with Crippen LogP contribution >= 0.6 is 0 Å². The van der Waals surface area contributed by atoms with E-state index in [1.54, 1.807) is 50.3 Å². The second-order valence-corrected chi connectivity index (χ2v) is 13.1. The Kier molecular flexibility index (Phi) is 8.26. The highest BCUT2D eigenvalue weighted by Crippen LogP contribution is 2.34. The summed E-state index contributed by atoms with van der Waals surface area (Å²) >= 11 is 0. The van der Waals surface area contributed by atoms with Crippen molar-refractivity contribution < 1.29 is 26.9 Å². The summed E-state index contributed by atoms with van der Waals surface area (Å²) in [5, 5.41) is 21.3. The van der Waals surface area contributed by atoms with Crippen molar-refractivity contribution in [3.8, 4) is 0 Å². The first-order valence-corrected chi connectivity index (χ1v) is 15.2. The Bertz CT molecular complexity index is 1800. The van der Waals surface area contributed by atoms with Gasteiger partial charge in [-0.2, -0.15) is 4.72 Å². The first-order valence-electron chi connectivity index (χ1n) is 12.3. The van der Waals surface area contributed by atoms with Gasteiger partial charge in [0.05, 0.1) is 26.3 Å². The molecule has 0 amide bonds. The molecule has 0 aliphatic carbocycles. The van der Waals surface area contributed by atoms with E-state index in [1.807, 2.05) is 6.92 Å². The summed E-state index contributed by atoms with van der Waals surface area (Å²) in [6.45, 7) is 5.21. The number of nitrogens with one attached hydrogen (secondary N) is 1. The van der Waals surface area contributed by atoms with Crippen LogP contribution in [0.25, 0.3) is 10.9 Å². The molecular weight excluding hydrogens is 554 g/mol. The van der Waals surface area contributed by atoms with Crippen LogP contribution in [0, 0.1) is 17.0 Å². The van der Waals surface area contributed by atoms with E-state index >= 15 is 0 Å². The van der Waals surface area contributed by atoms with Crippen LogP contribution in [0.4, 0.5) is 5.69 Å². The SMILES string of the molecule is CC(C)=C[C@@H](NS(=O)(=O)c1ccc([N+](=O)[O-])cc1)c1cccc2c1c(CCO)cn2S(=O)(=O)c1ccc(C)cc1. The zero-order chi connectivity index (χ0) is 29.2. The second-order valence-electron chi connectivity index (χ2n) is 9.58. The van der Waals surface area contributed by atoms with Crippen molar-refractivity contribution in [2.75, 3.05) is 6.61 Å². The van der Waals surface area contributed by atoms with Crippen molar-refractivity contribution in [1.82, 2.24) is 8.69 Å². The maximum absolute atomic E-state index is 13.7. The number of benzene rings is 3. The van der Waals surface area contributed by atoms with Crippen LogP contribution in [0.3, 0.4) is 0 Å². The third kappa shape index (κ3) is 5.85. The average Bonchev–Trinajstić information content (AvgIpc) is 3.28. The highest BCUT2D eigenvalue weighted by Gasteiger charge is 2.27. The predicted molar refractivity (Wildman–Crippen MR) is 152 cm³/mol. The summed E-state index contributed by atoms with van der Waals surface area (Å²) in [5.41, 5.74) is 2.82. The monoisotopic (exact) mass is 583 g/mol. The number of aryl methyl sites for hydroxylation is 1. The minimum Gasteiger partial charge on any atom is -0.396 e. The number of nitro benzene ring substituents is 1. The van der Waals surface area contributed by atoms with Crippen LogP contribution in [0.1, 0.15) is 36.6 Å². The Morgan fingerprint density at radius 1 is 1.00 bits per heavy atom. The van der Waals surface area contributed by atoms with E-state index in [-0.39, 0.29) is 28.5 Å². The predicted octanol–water partition coefficient (Wildman–Crippen LogP) is 4.62. The van der Waals surface area contributed by atoms with Gasteiger partial charge in [-0.25, -0.2) is 20.8 Å². The lowest BCUT2D eigenvalue weighted by atomic mass is 9.98. The van der Waals surface area contributed by atoms with Gasteiger partial charge in [0.2, 0.25) is 10.0 Å². The van der Waals surface area contributed by atoms with Crippen molar-refractivity contribution in [2.45, 2.75) is 43.0 Å². The average molecular weight is 584 g/mol. The van der Waals surface area contributed by atoms with Gasteiger partial charge in [0.25, 0.3) is 15.7 Å². The molecule has 10 nitrogen and oxygen atoms in total. The fourth-order valence-corrected chi connectivity index (χ4v) is 7.01. The number of nitro groups is 1. The van der Waals surface area contributed by atoms with Crippen LogP contribution in [-0.2, 0) is 26.5 Å². The molecule has 0 unspecified atom stereocenters. The topological polar surface area (TPSA) is 149 Å². The zero-order valence-electron chi connectivity index (χ0n) is 22.1. The summed E-state index contributed by atoms with van der Waals surface area (Å²) in [6, 6.07) is 15.1. The van der Waals surface area contributed by atoms with Gasteiger partial charge >= 0.3 is 0 Å². The van der Waals surface area contributed by atoms with Gasteiger partial charge in [0.15, 0.2) is 0 Å². The molecule has 40 heavy (non-hydrogen) atoms. The van der Waals surface area contributed by atoms with E-state index in [0.29, 0.717) is 22.0 Å². The summed E-state index contributed by atoms with van der Waals surface area (Å²) < 4.78 is 57.8. The maximum Gasteiger partial charge on any atom is 0.269 e. The van der Waals surface area contributed by atoms with E-state index in [0.717, 1.165) is 39.4 Å². The first kappa shape index (κ1) is 29.2. The quantitative estimate of drug-likeness (QED) is 0.157. The Morgan fingerprint density at radius 3 is 2.20 bits per heavy atom. The summed E-state index contributed by atoms with van der Waals surface area (Å²) in [6.07, 6.45) is 3.30. The molecule has 2 N–H and O–H groups in total. The fraction of sp³-hybridized carbons (Fsp3) is 0.214. The molecule has 0 saturated heterocycles. The summed E-state index contributed by atoms with van der Waals surface area (Å²) in [4.78, 5) is 10.3. The van der Waals surface area contributed by atoms with Crippen molar-refractivity contribution in [1.29, 1.82) is 0 Å². The van der Waals surface area contributed by atoms with Crippen molar-refractivity contribution in [3.63, 3.8) is 0 Å². The molecule has 0 bridgehead atoms. The van der Waals surface area contributed by atoms with Gasteiger partial charge in [-0.05, 0) is 68.7 Å². The van der Waals surface area contributed by atoms with Crippen molar-refractivity contribution in [2.24, 2.45) is 0 Å². The molecule has 0 fully saturated rings. The number of fused-ring (bicyclic) bond motifs is 1. The van der Waals surface area contributed by atoms with Gasteiger partial charge in [0.1, 0.15) is 0 Å². The van der Waals surface area contributed by atoms with E-state index in [1.165, 1.54) is 18.3 Å². The second kappa shape index (κ2) is 11.3. The Hall–Kier alpha value is -3.84. The number of sulfonamides is 1. The number of aliphatic hydroxyl groups excluding tert-OH is 1. The Labute approximate surface area is 232 Å². The molecule has 0 aliphatic heterocycles. The van der Waals surface area contributed by atoms with Crippen LogP contribution in [0.5, 0.6) is 0 Å². The number of hydrogen-bond acceptors (Lipinski definition) is 7. The van der Waals surface area contributed by atoms with Crippen LogP contribution in [-0.4, -0.2) is 37.4 Å². The molecule has 4 rings (SSSR count). The van der Waals surface area contributed by atoms with Crippen molar-refractivity contribution in [3.05, 3.63) is 111 Å². The largest absolute Gasteiger partial charge is 0.396 e. The number of allylic oxidation sites excluding steroid dienone is 1. The van der Waals surface area contributed by atoms with E-state index in [4.69, 9.17) is 0 Å². The third-order valence-corrected chi connectivity index (χ3v) is 9.49. The molecule has 4 aromatic rings. The first-order chi connectivity index (χ1) is 18.8. The maximum atomic E-state index is 13.7. The molecule has 0 aliphatic rings. The molecule has 3 aromatic carbocycles. The number of nitrogens with zero attached hydrogens (tertiary/aromatic N) is 2. The molecule has 1 heterocycles. The van der Waals surface area contributed by atoms with Crippen LogP contribution < -0.4 is 4.72 Å². The summed E-state index contributed by atoms with van der Waals surface area (Å²) in [7, 11) is -8.16. The molecule has 0 spiro atoms. The lowest BCUT2D eigenvalue weighted by Crippen LogP contribution is -2.28. The minimum absolute atomic E-state index is 0.0932. The Morgan fingerprint density at radius 2 is 1.62 bits per heavy atom. The number of aliphatic hydroxyl groups is 1. The van der Waals surface area contributed by atoms with E-state index in [9.17, 15) is 32.1 Å². The van der Waals surface area contributed by atoms with Crippen LogP contribution in [0.2, 0.25) is 0 Å². The number of non-ortho nitro benzene ring substituents is 1. The molecule has 0 radical (unpaired) electrons. The molecule has 1 aromatic heterocycles. The third-order valence-electron chi connectivity index (χ3n) is 6.34. The van der Waals surface area contributed by atoms with Crippen LogP contribution in [0.15, 0.2) is 94.4 Å². The minimum atomic E-state index is -4.15. The molecular formula is C28H29N3O7S2. The number of rotatable bonds is 10. The summed E-state index contributed by atoms with van der Waals surface area (Å²) in [5.74, 6) is 0. The number of aromatic nitrogens is 1. The molecule has 0 saturated carbocycles. The van der Waals surface area contributed by atoms with Gasteiger partial charge < -0.3 is 5.11 Å². The zero-order valence-corrected chi connectivity index (χ0v) is 23.7. The molecule has 1 atom stereocenters. The van der Waals surface area contributed by atoms with E-state index in [2.05, 4.69) is 4.72 Å². The lowest BCUT2D eigenvalue weighted by molar-refractivity contribution is -0.384. The molecule has 12 heteroatoms. The normalized spacial score (nSPS) is 12.8. The molecule has 210 valence electrons. The standard InChI is InChI=1S/C28H29N3O7S2/c1-19(2)17-26(29-39(35,36)23-13-9-22(10-14-23)31(33)34)25-5-4-6-27-28(25)21(15-16-32)18-30(27)40(37,38)24-11-7-20(3)8-12-24/h4-14,17-18,26,29,32H,15-16H2,1-3H3/t26-/m1/s1. The Balaban J connectivity index is 1.88.